The van der Waals surface area contributed by atoms with E-state index in [0.717, 1.165) is 12.5 Å². The molecule has 0 atom stereocenters. The van der Waals surface area contributed by atoms with E-state index in [9.17, 15) is 0 Å². The van der Waals surface area contributed by atoms with E-state index in [1.165, 1.54) is 30.2 Å². The van der Waals surface area contributed by atoms with Gasteiger partial charge in [0, 0.05) is 13.6 Å². The molecule has 18 heavy (non-hydrogen) atoms. The zero-order valence-electron chi connectivity index (χ0n) is 10.1. The minimum absolute atomic E-state index is 0.188. The predicted molar refractivity (Wildman–Crippen MR) is 65.2 cm³/mol. The Morgan fingerprint density at radius 3 is 2.89 bits per heavy atom. The predicted octanol–water partition coefficient (Wildman–Crippen LogP) is -0.119. The van der Waals surface area contributed by atoms with Crippen molar-refractivity contribution in [2.45, 2.75) is 12.8 Å². The quantitative estimate of drug-likeness (QED) is 0.802. The van der Waals surface area contributed by atoms with Gasteiger partial charge in [0.2, 0.25) is 11.9 Å². The molecular formula is C10H14N8. The normalized spacial score (nSPS) is 14.7. The lowest BCUT2D eigenvalue weighted by atomic mass is 10.4. The first-order valence-corrected chi connectivity index (χ1v) is 5.80. The second-order valence-electron chi connectivity index (χ2n) is 4.46. The molecule has 0 spiro atoms. The molecule has 3 rings (SSSR count). The Morgan fingerprint density at radius 2 is 2.22 bits per heavy atom. The molecule has 0 aromatic carbocycles. The molecule has 1 saturated carbocycles. The first-order valence-electron chi connectivity index (χ1n) is 5.80. The summed E-state index contributed by atoms with van der Waals surface area (Å²) in [6, 6.07) is 0. The number of nitrogens with two attached hydrogens (primary N) is 1. The molecule has 0 radical (unpaired) electrons. The van der Waals surface area contributed by atoms with Crippen molar-refractivity contribution in [1.29, 1.82) is 0 Å². The van der Waals surface area contributed by atoms with E-state index in [-0.39, 0.29) is 5.95 Å². The Kier molecular flexibility index (Phi) is 2.54. The van der Waals surface area contributed by atoms with Crippen molar-refractivity contribution in [3.63, 3.8) is 0 Å². The van der Waals surface area contributed by atoms with Gasteiger partial charge in [-0.15, -0.1) is 0 Å². The van der Waals surface area contributed by atoms with Crippen LogP contribution in [0.25, 0.3) is 5.95 Å². The van der Waals surface area contributed by atoms with Crippen LogP contribution in [0, 0.1) is 5.92 Å². The van der Waals surface area contributed by atoms with Gasteiger partial charge in [-0.2, -0.15) is 24.7 Å². The standard InChI is InChI=1S/C10H14N8/c1-17(4-7-2-3-7)9-14-8(11)15-10(16-9)18-6-12-5-13-18/h5-7H,2-4H2,1H3,(H2,11,14,15,16). The number of hydrogen-bond acceptors (Lipinski definition) is 7. The molecule has 2 aromatic rings. The SMILES string of the molecule is CN(CC1CC1)c1nc(N)nc(-n2cncn2)n1. The van der Waals surface area contributed by atoms with Gasteiger partial charge in [0.05, 0.1) is 0 Å². The van der Waals surface area contributed by atoms with Gasteiger partial charge in [-0.3, -0.25) is 0 Å². The highest BCUT2D eigenvalue weighted by molar-refractivity contribution is 5.36. The molecule has 8 nitrogen and oxygen atoms in total. The highest BCUT2D eigenvalue weighted by Crippen LogP contribution is 2.30. The van der Waals surface area contributed by atoms with Crippen LogP contribution in [-0.2, 0) is 0 Å². The Hall–Kier alpha value is -2.25. The van der Waals surface area contributed by atoms with E-state index >= 15 is 0 Å². The summed E-state index contributed by atoms with van der Waals surface area (Å²) in [5.74, 6) is 1.90. The zero-order chi connectivity index (χ0) is 12.5. The summed E-state index contributed by atoms with van der Waals surface area (Å²) >= 11 is 0. The maximum Gasteiger partial charge on any atom is 0.258 e. The number of aromatic nitrogens is 6. The molecule has 1 fully saturated rings. The molecule has 0 amide bonds. The third kappa shape index (κ3) is 2.22. The molecular weight excluding hydrogens is 232 g/mol. The molecule has 1 aliphatic rings. The lowest BCUT2D eigenvalue weighted by molar-refractivity contribution is 0.741. The molecule has 2 aromatic heterocycles. The topological polar surface area (TPSA) is 98.6 Å². The molecule has 8 heteroatoms. The van der Waals surface area contributed by atoms with Gasteiger partial charge >= 0.3 is 0 Å². The highest BCUT2D eigenvalue weighted by Gasteiger charge is 2.24. The maximum atomic E-state index is 5.70. The van der Waals surface area contributed by atoms with Crippen LogP contribution in [-0.4, -0.2) is 43.3 Å². The van der Waals surface area contributed by atoms with E-state index in [4.69, 9.17) is 5.73 Å². The van der Waals surface area contributed by atoms with E-state index in [0.29, 0.717) is 11.9 Å². The molecule has 1 aliphatic carbocycles. The average molecular weight is 246 g/mol. The minimum atomic E-state index is 0.188. The van der Waals surface area contributed by atoms with Crippen molar-refractivity contribution in [2.24, 2.45) is 5.92 Å². The van der Waals surface area contributed by atoms with Gasteiger partial charge in [-0.25, -0.2) is 4.98 Å². The summed E-state index contributed by atoms with van der Waals surface area (Å²) in [5, 5.41) is 3.98. The number of anilines is 2. The van der Waals surface area contributed by atoms with Gasteiger partial charge in [-0.05, 0) is 18.8 Å². The first-order chi connectivity index (χ1) is 8.72. The summed E-state index contributed by atoms with van der Waals surface area (Å²) in [6.07, 6.45) is 5.51. The second-order valence-corrected chi connectivity index (χ2v) is 4.46. The van der Waals surface area contributed by atoms with Gasteiger partial charge < -0.3 is 10.6 Å². The molecule has 2 N–H and O–H groups in total. The Labute approximate surface area is 104 Å². The highest BCUT2D eigenvalue weighted by atomic mass is 15.4. The van der Waals surface area contributed by atoms with Crippen molar-refractivity contribution >= 4 is 11.9 Å². The van der Waals surface area contributed by atoms with Crippen LogP contribution >= 0.6 is 0 Å². The van der Waals surface area contributed by atoms with Crippen LogP contribution in [0.3, 0.4) is 0 Å². The smallest absolute Gasteiger partial charge is 0.258 e. The monoisotopic (exact) mass is 246 g/mol. The van der Waals surface area contributed by atoms with Crippen molar-refractivity contribution in [2.75, 3.05) is 24.2 Å². The van der Waals surface area contributed by atoms with Crippen LogP contribution in [0.1, 0.15) is 12.8 Å². The number of hydrogen-bond donors (Lipinski definition) is 1. The van der Waals surface area contributed by atoms with E-state index in [2.05, 4.69) is 25.0 Å². The fourth-order valence-electron chi connectivity index (χ4n) is 1.72. The molecule has 0 unspecified atom stereocenters. The summed E-state index contributed by atoms with van der Waals surface area (Å²) in [5.41, 5.74) is 5.70. The molecule has 2 heterocycles. The van der Waals surface area contributed by atoms with Gasteiger partial charge in [0.15, 0.2) is 0 Å². The molecule has 0 aliphatic heterocycles. The molecule has 94 valence electrons. The third-order valence-electron chi connectivity index (χ3n) is 2.82. The second kappa shape index (κ2) is 4.21. The fourth-order valence-corrected chi connectivity index (χ4v) is 1.72. The van der Waals surface area contributed by atoms with Gasteiger partial charge in [0.25, 0.3) is 5.95 Å². The van der Waals surface area contributed by atoms with E-state index in [1.807, 2.05) is 11.9 Å². The maximum absolute atomic E-state index is 5.70. The number of nitrogen functional groups attached to an aromatic ring is 1. The van der Waals surface area contributed by atoms with Crippen molar-refractivity contribution in [1.82, 2.24) is 29.7 Å². The summed E-state index contributed by atoms with van der Waals surface area (Å²) in [4.78, 5) is 18.4. The summed E-state index contributed by atoms with van der Waals surface area (Å²) in [7, 11) is 1.96. The third-order valence-corrected chi connectivity index (χ3v) is 2.82. The molecule has 0 saturated heterocycles. The van der Waals surface area contributed by atoms with Gasteiger partial charge in [-0.1, -0.05) is 0 Å². The molecule has 0 bridgehead atoms. The number of nitrogens with zero attached hydrogens (tertiary/aromatic N) is 7. The van der Waals surface area contributed by atoms with Crippen molar-refractivity contribution < 1.29 is 0 Å². The van der Waals surface area contributed by atoms with Crippen LogP contribution < -0.4 is 10.6 Å². The lowest BCUT2D eigenvalue weighted by Crippen LogP contribution is -2.24. The Bertz CT molecular complexity index is 533. The van der Waals surface area contributed by atoms with Crippen LogP contribution in [0.2, 0.25) is 0 Å². The van der Waals surface area contributed by atoms with E-state index in [1.54, 1.807) is 0 Å². The van der Waals surface area contributed by atoms with Crippen molar-refractivity contribution in [3.8, 4) is 5.95 Å². The average Bonchev–Trinajstić information content (AvgIpc) is 2.99. The zero-order valence-corrected chi connectivity index (χ0v) is 10.1. The van der Waals surface area contributed by atoms with Crippen LogP contribution in [0.5, 0.6) is 0 Å². The first kappa shape index (κ1) is 10.9. The largest absolute Gasteiger partial charge is 0.368 e. The van der Waals surface area contributed by atoms with Crippen LogP contribution in [0.4, 0.5) is 11.9 Å². The summed E-state index contributed by atoms with van der Waals surface area (Å²) < 4.78 is 1.46. The van der Waals surface area contributed by atoms with Crippen molar-refractivity contribution in [3.05, 3.63) is 12.7 Å². The lowest BCUT2D eigenvalue weighted by Gasteiger charge is -2.16. The Balaban J connectivity index is 1.89. The van der Waals surface area contributed by atoms with Crippen LogP contribution in [0.15, 0.2) is 12.7 Å². The van der Waals surface area contributed by atoms with Gasteiger partial charge in [0.1, 0.15) is 12.7 Å². The Morgan fingerprint density at radius 1 is 1.39 bits per heavy atom. The minimum Gasteiger partial charge on any atom is -0.368 e. The van der Waals surface area contributed by atoms with E-state index < -0.39 is 0 Å². The summed E-state index contributed by atoms with van der Waals surface area (Å²) in [6.45, 7) is 0.945. The number of rotatable bonds is 4. The fraction of sp³-hybridized carbons (Fsp3) is 0.500.